The Hall–Kier alpha value is -2.42. The van der Waals surface area contributed by atoms with Crippen LogP contribution < -0.4 is 5.43 Å². The van der Waals surface area contributed by atoms with E-state index in [4.69, 9.17) is 11.6 Å². The Morgan fingerprint density at radius 3 is 2.40 bits per heavy atom. The molecule has 0 saturated carbocycles. The van der Waals surface area contributed by atoms with E-state index in [-0.39, 0.29) is 5.43 Å². The average Bonchev–Trinajstić information content (AvgIpc) is 2.60. The molecule has 0 N–H and O–H groups in total. The largest absolute Gasteiger partial charge is 0.289 e. The minimum absolute atomic E-state index is 0.0537. The van der Waals surface area contributed by atoms with Gasteiger partial charge < -0.3 is 0 Å². The highest BCUT2D eigenvalue weighted by Gasteiger charge is 2.09. The lowest BCUT2D eigenvalue weighted by Gasteiger charge is -2.07. The molecule has 1 heterocycles. The number of aryl methyl sites for hydroxylation is 1. The quantitative estimate of drug-likeness (QED) is 0.281. The molecule has 5 rings (SSSR count). The second kappa shape index (κ2) is 5.29. The highest BCUT2D eigenvalue weighted by molar-refractivity contribution is 7.24. The maximum atomic E-state index is 13.0. The van der Waals surface area contributed by atoms with Gasteiger partial charge in [-0.2, -0.15) is 0 Å². The molecule has 0 atom stereocenters. The van der Waals surface area contributed by atoms with Crippen molar-refractivity contribution in [2.75, 3.05) is 0 Å². The van der Waals surface area contributed by atoms with Gasteiger partial charge in [-0.3, -0.25) is 4.79 Å². The van der Waals surface area contributed by atoms with Gasteiger partial charge in [-0.05, 0) is 76.5 Å². The van der Waals surface area contributed by atoms with Gasteiger partial charge in [0.15, 0.2) is 5.43 Å². The molecule has 0 unspecified atom stereocenters. The minimum Gasteiger partial charge on any atom is -0.289 e. The summed E-state index contributed by atoms with van der Waals surface area (Å²) in [6.07, 6.45) is 0. The molecular formula is C22H13ClOS. The van der Waals surface area contributed by atoms with Gasteiger partial charge in [-0.25, -0.2) is 0 Å². The van der Waals surface area contributed by atoms with Crippen LogP contribution in [0.5, 0.6) is 0 Å². The van der Waals surface area contributed by atoms with Crippen molar-refractivity contribution in [3.63, 3.8) is 0 Å². The molecule has 25 heavy (non-hydrogen) atoms. The van der Waals surface area contributed by atoms with Crippen LogP contribution in [0.2, 0.25) is 5.02 Å². The Bertz CT molecular complexity index is 1380. The minimum atomic E-state index is 0.0537. The SMILES string of the molecule is Cc1cccc2cc3cc4sc5ccc(Cl)cc5c(=O)c4cc3cc12. The molecule has 120 valence electrons. The van der Waals surface area contributed by atoms with Crippen molar-refractivity contribution in [2.24, 2.45) is 0 Å². The lowest BCUT2D eigenvalue weighted by atomic mass is 9.99. The summed E-state index contributed by atoms with van der Waals surface area (Å²) in [5.41, 5.74) is 1.30. The molecule has 1 nitrogen and oxygen atoms in total. The predicted molar refractivity (Wildman–Crippen MR) is 110 cm³/mol. The average molecular weight is 361 g/mol. The molecule has 5 aromatic rings. The number of hydrogen-bond acceptors (Lipinski definition) is 2. The highest BCUT2D eigenvalue weighted by atomic mass is 35.5. The summed E-state index contributed by atoms with van der Waals surface area (Å²) in [4.78, 5) is 13.0. The van der Waals surface area contributed by atoms with Gasteiger partial charge in [0.1, 0.15) is 0 Å². The number of hydrogen-bond donors (Lipinski definition) is 0. The van der Waals surface area contributed by atoms with Crippen molar-refractivity contribution in [1.29, 1.82) is 0 Å². The summed E-state index contributed by atoms with van der Waals surface area (Å²) in [6, 6.07) is 20.4. The molecule has 0 aliphatic carbocycles. The summed E-state index contributed by atoms with van der Waals surface area (Å²) >= 11 is 7.72. The molecule has 0 amide bonds. The van der Waals surface area contributed by atoms with E-state index in [9.17, 15) is 4.79 Å². The molecule has 1 aromatic heterocycles. The van der Waals surface area contributed by atoms with Gasteiger partial charge in [-0.1, -0.05) is 29.8 Å². The van der Waals surface area contributed by atoms with Crippen LogP contribution in [-0.4, -0.2) is 0 Å². The van der Waals surface area contributed by atoms with Crippen molar-refractivity contribution < 1.29 is 0 Å². The van der Waals surface area contributed by atoms with Crippen LogP contribution in [0.3, 0.4) is 0 Å². The van der Waals surface area contributed by atoms with Crippen LogP contribution in [0.25, 0.3) is 41.7 Å². The Kier molecular flexibility index (Phi) is 3.15. The standard InChI is InChI=1S/C22H13ClOS/c1-12-3-2-4-13-7-14-10-21-18(9-15(14)8-17(12)13)22(24)19-11-16(23)5-6-20(19)25-21/h2-11H,1H3. The third kappa shape index (κ3) is 2.25. The van der Waals surface area contributed by atoms with Crippen LogP contribution in [0, 0.1) is 6.92 Å². The highest BCUT2D eigenvalue weighted by Crippen LogP contribution is 2.32. The zero-order valence-electron chi connectivity index (χ0n) is 13.5. The fraction of sp³-hybridized carbons (Fsp3) is 0.0455. The lowest BCUT2D eigenvalue weighted by molar-refractivity contribution is 1.54. The van der Waals surface area contributed by atoms with Gasteiger partial charge in [0.05, 0.1) is 0 Å². The van der Waals surface area contributed by atoms with Crippen LogP contribution in [-0.2, 0) is 0 Å². The van der Waals surface area contributed by atoms with Crippen molar-refractivity contribution >= 4 is 64.7 Å². The summed E-state index contributed by atoms with van der Waals surface area (Å²) in [5.74, 6) is 0. The van der Waals surface area contributed by atoms with Crippen LogP contribution in [0.4, 0.5) is 0 Å². The first-order valence-corrected chi connectivity index (χ1v) is 9.29. The van der Waals surface area contributed by atoms with E-state index < -0.39 is 0 Å². The Labute approximate surface area is 153 Å². The lowest BCUT2D eigenvalue weighted by Crippen LogP contribution is -2.00. The number of fused-ring (bicyclic) bond motifs is 4. The fourth-order valence-corrected chi connectivity index (χ4v) is 4.76. The van der Waals surface area contributed by atoms with Gasteiger partial charge in [-0.15, -0.1) is 11.3 Å². The second-order valence-electron chi connectivity index (χ2n) is 6.42. The third-order valence-corrected chi connectivity index (χ3v) is 6.17. The number of halogens is 1. The van der Waals surface area contributed by atoms with Crippen molar-refractivity contribution in [1.82, 2.24) is 0 Å². The predicted octanol–water partition coefficient (Wildman–Crippen LogP) is 6.68. The molecule has 3 heteroatoms. The van der Waals surface area contributed by atoms with Gasteiger partial charge in [0.2, 0.25) is 0 Å². The van der Waals surface area contributed by atoms with E-state index in [0.29, 0.717) is 10.4 Å². The zero-order valence-corrected chi connectivity index (χ0v) is 15.0. The van der Waals surface area contributed by atoms with Crippen LogP contribution >= 0.6 is 22.9 Å². The first-order chi connectivity index (χ1) is 12.1. The van der Waals surface area contributed by atoms with Gasteiger partial charge in [0, 0.05) is 25.2 Å². The number of benzene rings is 4. The van der Waals surface area contributed by atoms with Crippen LogP contribution in [0.1, 0.15) is 5.56 Å². The van der Waals surface area contributed by atoms with E-state index in [0.717, 1.165) is 25.6 Å². The molecule has 0 saturated heterocycles. The van der Waals surface area contributed by atoms with Crippen molar-refractivity contribution in [2.45, 2.75) is 6.92 Å². The van der Waals surface area contributed by atoms with E-state index in [1.807, 2.05) is 18.2 Å². The van der Waals surface area contributed by atoms with Crippen molar-refractivity contribution in [3.8, 4) is 0 Å². The Balaban J connectivity index is 1.96. The van der Waals surface area contributed by atoms with Gasteiger partial charge in [0.25, 0.3) is 0 Å². The summed E-state index contributed by atoms with van der Waals surface area (Å²) in [6.45, 7) is 2.12. The molecule has 0 aliphatic rings. The van der Waals surface area contributed by atoms with E-state index >= 15 is 0 Å². The third-order valence-electron chi connectivity index (χ3n) is 4.80. The smallest absolute Gasteiger partial charge is 0.195 e. The molecule has 0 radical (unpaired) electrons. The van der Waals surface area contributed by atoms with Gasteiger partial charge >= 0.3 is 0 Å². The molecular weight excluding hydrogens is 348 g/mol. The van der Waals surface area contributed by atoms with Crippen LogP contribution in [0.15, 0.2) is 65.5 Å². The summed E-state index contributed by atoms with van der Waals surface area (Å²) < 4.78 is 1.98. The monoisotopic (exact) mass is 360 g/mol. The fourth-order valence-electron chi connectivity index (χ4n) is 3.51. The normalized spacial score (nSPS) is 11.8. The maximum Gasteiger partial charge on any atom is 0.195 e. The number of rotatable bonds is 0. The first kappa shape index (κ1) is 14.9. The Morgan fingerprint density at radius 2 is 1.52 bits per heavy atom. The molecule has 0 spiro atoms. The zero-order chi connectivity index (χ0) is 17.1. The van der Waals surface area contributed by atoms with E-state index in [2.05, 4.69) is 43.3 Å². The Morgan fingerprint density at radius 1 is 0.760 bits per heavy atom. The molecule has 4 aromatic carbocycles. The summed E-state index contributed by atoms with van der Waals surface area (Å²) in [5, 5.41) is 6.77. The molecule has 0 fully saturated rings. The first-order valence-electron chi connectivity index (χ1n) is 8.09. The maximum absolute atomic E-state index is 13.0. The molecule has 0 bridgehead atoms. The van der Waals surface area contributed by atoms with E-state index in [1.54, 1.807) is 17.4 Å². The summed E-state index contributed by atoms with van der Waals surface area (Å²) in [7, 11) is 0. The van der Waals surface area contributed by atoms with E-state index in [1.165, 1.54) is 16.3 Å². The second-order valence-corrected chi connectivity index (χ2v) is 7.94. The molecule has 0 aliphatic heterocycles. The van der Waals surface area contributed by atoms with Crippen molar-refractivity contribution in [3.05, 3.63) is 81.5 Å². The topological polar surface area (TPSA) is 17.1 Å².